The fraction of sp³-hybridized carbons (Fsp3) is 0.375. The van der Waals surface area contributed by atoms with Gasteiger partial charge >= 0.3 is 0 Å². The molecule has 0 unspecified atom stereocenters. The van der Waals surface area contributed by atoms with E-state index in [1.165, 1.54) is 6.20 Å². The van der Waals surface area contributed by atoms with Gasteiger partial charge in [-0.05, 0) is 36.5 Å². The lowest BCUT2D eigenvalue weighted by Crippen LogP contribution is -2.51. The van der Waals surface area contributed by atoms with Gasteiger partial charge in [0.15, 0.2) is 11.6 Å². The Morgan fingerprint density at radius 2 is 2.09 bits per heavy atom. The molecule has 33 heavy (non-hydrogen) atoms. The topological polar surface area (TPSA) is 105 Å². The van der Waals surface area contributed by atoms with Crippen LogP contribution in [0.3, 0.4) is 0 Å². The van der Waals surface area contributed by atoms with Crippen LogP contribution in [0.5, 0.6) is 0 Å². The third kappa shape index (κ3) is 4.30. The molecule has 0 spiro atoms. The second-order valence-corrected chi connectivity index (χ2v) is 8.36. The summed E-state index contributed by atoms with van der Waals surface area (Å²) in [6.45, 7) is 1.21. The molecule has 3 aromatic heterocycles. The number of carbonyl (C=O) groups excluding carboxylic acids is 1. The van der Waals surface area contributed by atoms with Crippen LogP contribution in [0, 0.1) is 23.7 Å². The summed E-state index contributed by atoms with van der Waals surface area (Å²) in [7, 11) is 1.71. The van der Waals surface area contributed by atoms with E-state index in [0.29, 0.717) is 22.6 Å². The average Bonchev–Trinajstić information content (AvgIpc) is 3.54. The van der Waals surface area contributed by atoms with Crippen molar-refractivity contribution in [3.63, 3.8) is 0 Å². The predicted octanol–water partition coefficient (Wildman–Crippen LogP) is 2.29. The van der Waals surface area contributed by atoms with Crippen LogP contribution >= 0.6 is 0 Å². The third-order valence-electron chi connectivity index (χ3n) is 6.07. The quantitative estimate of drug-likeness (QED) is 0.575. The summed E-state index contributed by atoms with van der Waals surface area (Å²) in [6.07, 6.45) is 4.34. The Bertz CT molecular complexity index is 1360. The number of fused-ring (bicyclic) bond motifs is 1. The van der Waals surface area contributed by atoms with Crippen LogP contribution < -0.4 is 15.5 Å². The Kier molecular flexibility index (Phi) is 4.64. The SMILES string of the molecule is [2H]C([2H])([2H])Nc1ncc(C#Cc2ccc(N3CC(OC)C3)cn2)c2cc(NC(=O)[C@H]3C[C@H]3C)nnc12. The maximum atomic E-state index is 12.4. The number of carbonyl (C=O) groups is 1. The Morgan fingerprint density at radius 3 is 2.79 bits per heavy atom. The lowest BCUT2D eigenvalue weighted by molar-refractivity contribution is -0.117. The fourth-order valence-corrected chi connectivity index (χ4v) is 3.77. The van der Waals surface area contributed by atoms with Gasteiger partial charge in [0.25, 0.3) is 0 Å². The zero-order chi connectivity index (χ0) is 25.4. The van der Waals surface area contributed by atoms with Gasteiger partial charge in [-0.15, -0.1) is 10.2 Å². The van der Waals surface area contributed by atoms with Gasteiger partial charge < -0.3 is 20.3 Å². The smallest absolute Gasteiger partial charge is 0.228 e. The van der Waals surface area contributed by atoms with Gasteiger partial charge in [0.1, 0.15) is 11.2 Å². The average molecular weight is 447 g/mol. The highest BCUT2D eigenvalue weighted by atomic mass is 16.5. The van der Waals surface area contributed by atoms with Crippen LogP contribution in [-0.4, -0.2) is 59.4 Å². The van der Waals surface area contributed by atoms with Crippen molar-refractivity contribution in [2.75, 3.05) is 42.7 Å². The lowest BCUT2D eigenvalue weighted by atomic mass is 10.1. The number of anilines is 3. The van der Waals surface area contributed by atoms with E-state index < -0.39 is 6.98 Å². The third-order valence-corrected chi connectivity index (χ3v) is 6.07. The zero-order valence-electron chi connectivity index (χ0n) is 21.3. The monoisotopic (exact) mass is 446 g/mol. The Labute approximate surface area is 196 Å². The number of pyridine rings is 2. The molecule has 0 aromatic carbocycles. The first-order valence-corrected chi connectivity index (χ1v) is 10.7. The Morgan fingerprint density at radius 1 is 1.24 bits per heavy atom. The van der Waals surface area contributed by atoms with Gasteiger partial charge in [0.05, 0.1) is 23.6 Å². The number of nitrogens with one attached hydrogen (secondary N) is 2. The van der Waals surface area contributed by atoms with Crippen molar-refractivity contribution in [3.8, 4) is 11.8 Å². The molecular formula is C24H25N7O2. The highest BCUT2D eigenvalue weighted by Crippen LogP contribution is 2.38. The standard InChI is InChI=1S/C24H25N7O2/c1-14-8-19(14)24(32)28-21-9-20-15(10-27-23(25-2)22(20)30-29-21)4-5-16-6-7-17(11-26-16)31-12-18(13-31)33-3/h6-7,9-11,14,18-19H,8,12-13H2,1-3H3,(H,25,27)(H,28,29,32)/t14-,19+/m1/s1/i2D3. The van der Waals surface area contributed by atoms with Crippen molar-refractivity contribution in [3.05, 3.63) is 41.9 Å². The molecular weight excluding hydrogens is 418 g/mol. The van der Waals surface area contributed by atoms with E-state index in [9.17, 15) is 4.79 Å². The molecule has 5 rings (SSSR count). The summed E-state index contributed by atoms with van der Waals surface area (Å²) in [5.74, 6) is 6.62. The number of hydrogen-bond acceptors (Lipinski definition) is 8. The van der Waals surface area contributed by atoms with Crippen molar-refractivity contribution in [2.45, 2.75) is 19.4 Å². The van der Waals surface area contributed by atoms with Gasteiger partial charge in [0.2, 0.25) is 5.91 Å². The molecule has 0 bridgehead atoms. The van der Waals surface area contributed by atoms with Gasteiger partial charge in [-0.2, -0.15) is 0 Å². The second-order valence-electron chi connectivity index (χ2n) is 8.36. The number of amides is 1. The Balaban J connectivity index is 1.43. The summed E-state index contributed by atoms with van der Waals surface area (Å²) < 4.78 is 27.9. The van der Waals surface area contributed by atoms with Crippen LogP contribution in [0.1, 0.15) is 28.7 Å². The van der Waals surface area contributed by atoms with Crippen LogP contribution in [0.4, 0.5) is 17.3 Å². The molecule has 1 aliphatic carbocycles. The number of rotatable bonds is 5. The highest BCUT2D eigenvalue weighted by molar-refractivity contribution is 5.97. The molecule has 2 N–H and O–H groups in total. The maximum absolute atomic E-state index is 12.4. The van der Waals surface area contributed by atoms with E-state index in [1.807, 2.05) is 19.1 Å². The molecule has 0 radical (unpaired) electrons. The summed E-state index contributed by atoms with van der Waals surface area (Å²) in [5, 5.41) is 13.9. The molecule has 2 aliphatic rings. The first-order valence-electron chi connectivity index (χ1n) is 12.2. The van der Waals surface area contributed by atoms with Crippen molar-refractivity contribution in [1.29, 1.82) is 0 Å². The van der Waals surface area contributed by atoms with E-state index in [0.717, 1.165) is 25.2 Å². The summed E-state index contributed by atoms with van der Waals surface area (Å²) in [5.41, 5.74) is 2.31. The molecule has 1 aliphatic heterocycles. The maximum Gasteiger partial charge on any atom is 0.228 e. The van der Waals surface area contributed by atoms with Gasteiger partial charge in [-0.25, -0.2) is 9.97 Å². The molecule has 4 heterocycles. The van der Waals surface area contributed by atoms with E-state index in [2.05, 4.69) is 47.5 Å². The summed E-state index contributed by atoms with van der Waals surface area (Å²) in [4.78, 5) is 23.2. The first kappa shape index (κ1) is 17.7. The predicted molar refractivity (Wildman–Crippen MR) is 126 cm³/mol. The van der Waals surface area contributed by atoms with Crippen molar-refractivity contribution < 1.29 is 13.6 Å². The second kappa shape index (κ2) is 8.64. The van der Waals surface area contributed by atoms with Crippen molar-refractivity contribution in [1.82, 2.24) is 20.2 Å². The minimum absolute atomic E-state index is 0.0299. The number of nitrogens with zero attached hydrogens (tertiary/aromatic N) is 5. The van der Waals surface area contributed by atoms with Crippen molar-refractivity contribution in [2.24, 2.45) is 11.8 Å². The van der Waals surface area contributed by atoms with Gasteiger partial charge in [0, 0.05) is 48.8 Å². The summed E-state index contributed by atoms with van der Waals surface area (Å²) >= 11 is 0. The van der Waals surface area contributed by atoms with Crippen LogP contribution in [0.25, 0.3) is 10.9 Å². The van der Waals surface area contributed by atoms with E-state index in [1.54, 1.807) is 19.4 Å². The molecule has 1 saturated heterocycles. The molecule has 9 heteroatoms. The molecule has 9 nitrogen and oxygen atoms in total. The summed E-state index contributed by atoms with van der Waals surface area (Å²) in [6, 6.07) is 5.43. The molecule has 2 fully saturated rings. The van der Waals surface area contributed by atoms with Crippen LogP contribution in [0.2, 0.25) is 0 Å². The van der Waals surface area contributed by atoms with E-state index >= 15 is 0 Å². The van der Waals surface area contributed by atoms with Gasteiger partial charge in [-0.3, -0.25) is 4.79 Å². The highest BCUT2D eigenvalue weighted by Gasteiger charge is 2.39. The van der Waals surface area contributed by atoms with Crippen molar-refractivity contribution >= 4 is 34.1 Å². The Hall–Kier alpha value is -3.77. The van der Waals surface area contributed by atoms with Gasteiger partial charge in [-0.1, -0.05) is 12.8 Å². The normalized spacial score (nSPS) is 21.2. The number of aromatic nitrogens is 4. The fourth-order valence-electron chi connectivity index (χ4n) is 3.77. The van der Waals surface area contributed by atoms with E-state index in [4.69, 9.17) is 8.85 Å². The minimum Gasteiger partial charge on any atom is -0.378 e. The molecule has 1 saturated carbocycles. The molecule has 3 aromatic rings. The molecule has 1 amide bonds. The first-order chi connectivity index (χ1) is 17.2. The van der Waals surface area contributed by atoms with E-state index in [-0.39, 0.29) is 35.1 Å². The number of hydrogen-bond donors (Lipinski definition) is 2. The largest absolute Gasteiger partial charge is 0.378 e. The minimum atomic E-state index is -2.46. The zero-order valence-corrected chi connectivity index (χ0v) is 18.3. The number of methoxy groups -OCH3 is 1. The molecule has 2 atom stereocenters. The van der Waals surface area contributed by atoms with Crippen LogP contribution in [-0.2, 0) is 9.53 Å². The molecule has 168 valence electrons. The number of ether oxygens (including phenoxy) is 1. The van der Waals surface area contributed by atoms with Crippen LogP contribution in [0.15, 0.2) is 30.6 Å². The lowest BCUT2D eigenvalue weighted by Gasteiger charge is -2.39.